The van der Waals surface area contributed by atoms with Crippen molar-refractivity contribution in [1.82, 2.24) is 8.87 Å². The number of ketones is 2. The summed E-state index contributed by atoms with van der Waals surface area (Å²) in [6.45, 7) is 3.10. The predicted octanol–water partition coefficient (Wildman–Crippen LogP) is 3.61. The molecule has 3 rings (SSSR count). The molecular formula is C24H22FN3O4S. The average Bonchev–Trinajstić information content (AvgIpc) is 3.10. The zero-order chi connectivity index (χ0) is 24.5. The van der Waals surface area contributed by atoms with Crippen molar-refractivity contribution in [2.75, 3.05) is 14.1 Å². The number of hydrogen-bond acceptors (Lipinski definition) is 6. The Morgan fingerprint density at radius 1 is 1.15 bits per heavy atom. The minimum atomic E-state index is -4.30. The van der Waals surface area contributed by atoms with Crippen molar-refractivity contribution in [3.63, 3.8) is 0 Å². The van der Waals surface area contributed by atoms with E-state index in [1.807, 2.05) is 0 Å². The summed E-state index contributed by atoms with van der Waals surface area (Å²) in [5.41, 5.74) is 0.303. The molecule has 0 saturated heterocycles. The second-order valence-corrected chi connectivity index (χ2v) is 9.73. The third kappa shape index (κ3) is 4.71. The van der Waals surface area contributed by atoms with Gasteiger partial charge in [0.15, 0.2) is 0 Å². The zero-order valence-corrected chi connectivity index (χ0v) is 19.4. The lowest BCUT2D eigenvalue weighted by Crippen LogP contribution is -2.20. The molecule has 0 unspecified atom stereocenters. The molecule has 9 heteroatoms. The second-order valence-electron chi connectivity index (χ2n) is 7.94. The third-order valence-corrected chi connectivity index (χ3v) is 6.65. The molecule has 0 N–H and O–H groups in total. The van der Waals surface area contributed by atoms with Crippen LogP contribution >= 0.6 is 0 Å². The summed E-state index contributed by atoms with van der Waals surface area (Å²) in [7, 11) is -1.07. The first-order chi connectivity index (χ1) is 15.4. The Balaban J connectivity index is 2.39. The van der Waals surface area contributed by atoms with Gasteiger partial charge in [-0.15, -0.1) is 0 Å². The minimum Gasteiger partial charge on any atom is -0.382 e. The van der Waals surface area contributed by atoms with Crippen LogP contribution in [0.5, 0.6) is 0 Å². The number of benzene rings is 2. The van der Waals surface area contributed by atoms with Gasteiger partial charge < -0.3 is 4.90 Å². The summed E-state index contributed by atoms with van der Waals surface area (Å²) in [6.07, 6.45) is 1.05. The highest BCUT2D eigenvalue weighted by Crippen LogP contribution is 2.30. The Hall–Kier alpha value is -3.77. The largest absolute Gasteiger partial charge is 0.382 e. The van der Waals surface area contributed by atoms with E-state index < -0.39 is 21.6 Å². The lowest BCUT2D eigenvalue weighted by molar-refractivity contribution is -0.116. The lowest BCUT2D eigenvalue weighted by atomic mass is 10.1. The molecule has 1 aromatic heterocycles. The normalized spacial score (nSPS) is 11.9. The quantitative estimate of drug-likeness (QED) is 0.299. The summed E-state index contributed by atoms with van der Waals surface area (Å²) in [5.74, 6) is -1.82. The van der Waals surface area contributed by atoms with Gasteiger partial charge >= 0.3 is 0 Å². The molecule has 33 heavy (non-hydrogen) atoms. The minimum absolute atomic E-state index is 0.0109. The highest BCUT2D eigenvalue weighted by molar-refractivity contribution is 7.90. The summed E-state index contributed by atoms with van der Waals surface area (Å²) in [6, 6.07) is 11.4. The Kier molecular flexibility index (Phi) is 6.51. The molecule has 0 aliphatic heterocycles. The van der Waals surface area contributed by atoms with Crippen molar-refractivity contribution in [2.45, 2.75) is 25.2 Å². The first kappa shape index (κ1) is 23.9. The van der Waals surface area contributed by atoms with E-state index in [0.29, 0.717) is 0 Å². The molecule has 170 valence electrons. The summed E-state index contributed by atoms with van der Waals surface area (Å²) >= 11 is 0. The van der Waals surface area contributed by atoms with Crippen molar-refractivity contribution in [3.05, 3.63) is 76.9 Å². The van der Waals surface area contributed by atoms with Gasteiger partial charge in [-0.2, -0.15) is 5.26 Å². The van der Waals surface area contributed by atoms with Crippen LogP contribution < -0.4 is 0 Å². The standard InChI is InChI=1S/C24H22FN3O4S/c1-15-5-7-20(8-6-15)33(31,32)28-22-11-17(9-16(2)29)21(25)10-18(22)12-23(28)24(30)19(13-26)14-27(3)4/h5-8,10-12,14H,9H2,1-4H3. The van der Waals surface area contributed by atoms with Crippen LogP contribution in [-0.4, -0.2) is 43.0 Å². The van der Waals surface area contributed by atoms with Crippen LogP contribution in [-0.2, 0) is 21.2 Å². The Bertz CT molecular complexity index is 1440. The van der Waals surface area contributed by atoms with Gasteiger partial charge in [0.25, 0.3) is 10.0 Å². The number of allylic oxidation sites excluding steroid dienone is 1. The molecule has 0 aliphatic carbocycles. The number of carbonyl (C=O) groups is 2. The first-order valence-electron chi connectivity index (χ1n) is 9.94. The number of fused-ring (bicyclic) bond motifs is 1. The first-order valence-corrected chi connectivity index (χ1v) is 11.4. The molecule has 0 spiro atoms. The molecule has 1 heterocycles. The van der Waals surface area contributed by atoms with Gasteiger partial charge in [0.2, 0.25) is 5.78 Å². The molecule has 0 bridgehead atoms. The number of nitrogens with zero attached hydrogens (tertiary/aromatic N) is 3. The highest BCUT2D eigenvalue weighted by Gasteiger charge is 2.29. The number of nitriles is 1. The third-order valence-electron chi connectivity index (χ3n) is 4.91. The summed E-state index contributed by atoms with van der Waals surface area (Å²) < 4.78 is 42.7. The molecule has 0 amide bonds. The van der Waals surface area contributed by atoms with Gasteiger partial charge in [-0.05, 0) is 49.7 Å². The zero-order valence-electron chi connectivity index (χ0n) is 18.6. The fraction of sp³-hybridized carbons (Fsp3) is 0.208. The summed E-state index contributed by atoms with van der Waals surface area (Å²) in [5, 5.41) is 9.64. The molecule has 0 atom stereocenters. The number of aromatic nitrogens is 1. The Morgan fingerprint density at radius 2 is 1.79 bits per heavy atom. The van der Waals surface area contributed by atoms with Crippen LogP contribution in [0.15, 0.2) is 59.1 Å². The van der Waals surface area contributed by atoms with Gasteiger partial charge in [-0.1, -0.05) is 17.7 Å². The lowest BCUT2D eigenvalue weighted by Gasteiger charge is -2.13. The second kappa shape index (κ2) is 9.00. The predicted molar refractivity (Wildman–Crippen MR) is 122 cm³/mol. The van der Waals surface area contributed by atoms with Gasteiger partial charge in [-0.3, -0.25) is 9.59 Å². The number of hydrogen-bond donors (Lipinski definition) is 0. The molecule has 0 saturated carbocycles. The Labute approximate surface area is 191 Å². The van der Waals surface area contributed by atoms with Gasteiger partial charge in [0.1, 0.15) is 28.9 Å². The number of aryl methyl sites for hydroxylation is 1. The Morgan fingerprint density at radius 3 is 2.33 bits per heavy atom. The van der Waals surface area contributed by atoms with E-state index in [0.717, 1.165) is 15.6 Å². The fourth-order valence-electron chi connectivity index (χ4n) is 3.42. The maximum atomic E-state index is 14.6. The van der Waals surface area contributed by atoms with E-state index in [9.17, 15) is 27.7 Å². The number of rotatable bonds is 7. The van der Waals surface area contributed by atoms with Crippen LogP contribution in [0.3, 0.4) is 0 Å². The van der Waals surface area contributed by atoms with Crippen LogP contribution in [0.25, 0.3) is 10.9 Å². The van der Waals surface area contributed by atoms with E-state index in [1.165, 1.54) is 42.3 Å². The van der Waals surface area contributed by atoms with Crippen molar-refractivity contribution >= 4 is 32.5 Å². The maximum absolute atomic E-state index is 14.6. The maximum Gasteiger partial charge on any atom is 0.268 e. The van der Waals surface area contributed by atoms with Crippen LogP contribution in [0, 0.1) is 24.1 Å². The molecule has 0 fully saturated rings. The SMILES string of the molecule is CC(=O)Cc1cc2c(cc1F)cc(C(=O)C(C#N)=CN(C)C)n2S(=O)(=O)c1ccc(C)cc1. The number of carbonyl (C=O) groups excluding carboxylic acids is 2. The van der Waals surface area contributed by atoms with E-state index >= 15 is 0 Å². The van der Waals surface area contributed by atoms with Gasteiger partial charge in [-0.25, -0.2) is 16.8 Å². The highest BCUT2D eigenvalue weighted by atomic mass is 32.2. The average molecular weight is 468 g/mol. The van der Waals surface area contributed by atoms with Gasteiger partial charge in [0.05, 0.1) is 10.4 Å². The number of Topliss-reactive ketones (excluding diaryl/α,β-unsaturated/α-hetero) is 2. The fourth-order valence-corrected chi connectivity index (χ4v) is 4.92. The smallest absolute Gasteiger partial charge is 0.268 e. The van der Waals surface area contributed by atoms with Crippen LogP contribution in [0.2, 0.25) is 0 Å². The van der Waals surface area contributed by atoms with Crippen molar-refractivity contribution < 1.29 is 22.4 Å². The van der Waals surface area contributed by atoms with Crippen molar-refractivity contribution in [3.8, 4) is 6.07 Å². The molecule has 0 radical (unpaired) electrons. The van der Waals surface area contributed by atoms with E-state index in [1.54, 1.807) is 39.2 Å². The van der Waals surface area contributed by atoms with E-state index in [2.05, 4.69) is 0 Å². The number of halogens is 1. The molecule has 0 aliphatic rings. The van der Waals surface area contributed by atoms with E-state index in [4.69, 9.17) is 0 Å². The molecule has 7 nitrogen and oxygen atoms in total. The van der Waals surface area contributed by atoms with Gasteiger partial charge in [0, 0.05) is 32.1 Å². The van der Waals surface area contributed by atoms with Crippen molar-refractivity contribution in [1.29, 1.82) is 5.26 Å². The van der Waals surface area contributed by atoms with Crippen LogP contribution in [0.1, 0.15) is 28.5 Å². The van der Waals surface area contributed by atoms with E-state index in [-0.39, 0.29) is 44.8 Å². The molecule has 3 aromatic rings. The molecule has 2 aromatic carbocycles. The monoisotopic (exact) mass is 467 g/mol. The topological polar surface area (TPSA) is 100 Å². The van der Waals surface area contributed by atoms with Crippen LogP contribution in [0.4, 0.5) is 4.39 Å². The summed E-state index contributed by atoms with van der Waals surface area (Å²) in [4.78, 5) is 26.2. The molecular weight excluding hydrogens is 445 g/mol. The van der Waals surface area contributed by atoms with Crippen molar-refractivity contribution in [2.24, 2.45) is 0 Å².